The first-order valence-corrected chi connectivity index (χ1v) is 6.36. The molecule has 1 atom stereocenters. The number of hydrogen-bond acceptors (Lipinski definition) is 4. The summed E-state index contributed by atoms with van der Waals surface area (Å²) in [6.45, 7) is 10.7. The van der Waals surface area contributed by atoms with E-state index in [2.05, 4.69) is 15.1 Å². The van der Waals surface area contributed by atoms with Gasteiger partial charge in [-0.05, 0) is 12.1 Å². The summed E-state index contributed by atoms with van der Waals surface area (Å²) >= 11 is 0. The number of carbonyl (C=O) groups is 2. The molecule has 0 saturated carbocycles. The monoisotopic (exact) mass is 290 g/mol. The Balaban J connectivity index is 2.89. The van der Waals surface area contributed by atoms with Crippen LogP contribution in [0.5, 0.6) is 0 Å². The molecule has 1 N–H and O–H groups in total. The molecule has 1 unspecified atom stereocenters. The van der Waals surface area contributed by atoms with E-state index < -0.39 is 12.3 Å². The second-order valence-electron chi connectivity index (χ2n) is 4.87. The maximum absolute atomic E-state index is 11.6. The summed E-state index contributed by atoms with van der Waals surface area (Å²) < 4.78 is 5.01. The van der Waals surface area contributed by atoms with Crippen LogP contribution in [0.3, 0.4) is 0 Å². The van der Waals surface area contributed by atoms with Gasteiger partial charge < -0.3 is 15.0 Å². The van der Waals surface area contributed by atoms with Gasteiger partial charge in [-0.1, -0.05) is 13.8 Å². The van der Waals surface area contributed by atoms with Crippen LogP contribution in [0.25, 0.3) is 4.85 Å². The second-order valence-corrected chi connectivity index (χ2v) is 4.87. The quantitative estimate of drug-likeness (QED) is 0.863. The van der Waals surface area contributed by atoms with Crippen molar-refractivity contribution < 1.29 is 14.3 Å². The van der Waals surface area contributed by atoms with Crippen LogP contribution in [0.4, 0.5) is 10.5 Å². The van der Waals surface area contributed by atoms with Crippen molar-refractivity contribution >= 4 is 17.7 Å². The molecule has 0 bridgehead atoms. The van der Waals surface area contributed by atoms with Crippen molar-refractivity contribution in [3.05, 3.63) is 35.4 Å². The van der Waals surface area contributed by atoms with Gasteiger partial charge in [0, 0.05) is 31.9 Å². The minimum atomic E-state index is -1.14. The Morgan fingerprint density at radius 2 is 2.10 bits per heavy atom. The standard InChI is InChI=1S/C14H18N4O3/c1-9(2)12(19)17-10-6-7-16-11(8-10)13(15-3)21-14(20)18(4)5/h6-9,13H,1-2,4-5H3,(H,16,17,19). The molecule has 21 heavy (non-hydrogen) atoms. The van der Waals surface area contributed by atoms with E-state index >= 15 is 0 Å². The van der Waals surface area contributed by atoms with E-state index in [4.69, 9.17) is 11.3 Å². The largest absolute Gasteiger partial charge is 0.415 e. The van der Waals surface area contributed by atoms with Gasteiger partial charge in [-0.3, -0.25) is 9.64 Å². The highest BCUT2D eigenvalue weighted by atomic mass is 16.6. The lowest BCUT2D eigenvalue weighted by atomic mass is 10.2. The molecule has 1 rings (SSSR count). The molecule has 0 aliphatic heterocycles. The molecule has 0 fully saturated rings. The number of anilines is 1. The summed E-state index contributed by atoms with van der Waals surface area (Å²) in [5.74, 6) is -0.304. The third-order valence-electron chi connectivity index (χ3n) is 2.52. The highest BCUT2D eigenvalue weighted by Gasteiger charge is 2.24. The molecule has 0 spiro atoms. The number of ether oxygens (including phenoxy) is 1. The topological polar surface area (TPSA) is 75.9 Å². The Hall–Kier alpha value is -2.62. The van der Waals surface area contributed by atoms with E-state index in [1.807, 2.05) is 0 Å². The number of nitrogens with one attached hydrogen (secondary N) is 1. The number of pyridine rings is 1. The molecular weight excluding hydrogens is 272 g/mol. The van der Waals surface area contributed by atoms with Crippen molar-refractivity contribution in [2.24, 2.45) is 5.92 Å². The zero-order valence-electron chi connectivity index (χ0n) is 12.5. The number of nitrogens with zero attached hydrogens (tertiary/aromatic N) is 3. The van der Waals surface area contributed by atoms with E-state index in [1.54, 1.807) is 19.9 Å². The summed E-state index contributed by atoms with van der Waals surface area (Å²) in [6, 6.07) is 3.13. The average molecular weight is 290 g/mol. The predicted octanol–water partition coefficient (Wildman–Crippen LogP) is 2.29. The summed E-state index contributed by atoms with van der Waals surface area (Å²) in [5, 5.41) is 2.70. The Morgan fingerprint density at radius 3 is 2.62 bits per heavy atom. The lowest BCUT2D eigenvalue weighted by molar-refractivity contribution is -0.118. The zero-order valence-corrected chi connectivity index (χ0v) is 12.5. The maximum Gasteiger partial charge on any atom is 0.415 e. The normalized spacial score (nSPS) is 11.4. The van der Waals surface area contributed by atoms with Gasteiger partial charge in [0.15, 0.2) is 5.69 Å². The van der Waals surface area contributed by atoms with Gasteiger partial charge in [0.05, 0.1) is 0 Å². The van der Waals surface area contributed by atoms with Crippen LogP contribution in [0.1, 0.15) is 25.8 Å². The van der Waals surface area contributed by atoms with E-state index in [0.717, 1.165) is 0 Å². The first-order valence-electron chi connectivity index (χ1n) is 6.36. The SMILES string of the molecule is [C-]#[N+]C(OC(=O)N(C)C)c1cc(NC(=O)C(C)C)ccn1. The molecule has 0 aromatic carbocycles. The Labute approximate surface area is 123 Å². The zero-order chi connectivity index (χ0) is 16.0. The number of carbonyl (C=O) groups excluding carboxylic acids is 2. The molecule has 1 aromatic heterocycles. The van der Waals surface area contributed by atoms with E-state index in [1.165, 1.54) is 31.3 Å². The van der Waals surface area contributed by atoms with Gasteiger partial charge in [-0.2, -0.15) is 0 Å². The molecule has 2 amide bonds. The third kappa shape index (κ3) is 4.76. The summed E-state index contributed by atoms with van der Waals surface area (Å²) in [4.78, 5) is 31.6. The highest BCUT2D eigenvalue weighted by Crippen LogP contribution is 2.21. The molecule has 1 heterocycles. The number of rotatable bonds is 4. The Morgan fingerprint density at radius 1 is 1.43 bits per heavy atom. The Kier molecular flexibility index (Phi) is 5.67. The van der Waals surface area contributed by atoms with Crippen molar-refractivity contribution in [2.75, 3.05) is 19.4 Å². The van der Waals surface area contributed by atoms with Gasteiger partial charge in [0.25, 0.3) is 0 Å². The van der Waals surface area contributed by atoms with Crippen LogP contribution >= 0.6 is 0 Å². The van der Waals surface area contributed by atoms with Gasteiger partial charge in [-0.15, -0.1) is 0 Å². The highest BCUT2D eigenvalue weighted by molar-refractivity contribution is 5.92. The van der Waals surface area contributed by atoms with Gasteiger partial charge >= 0.3 is 12.3 Å². The summed E-state index contributed by atoms with van der Waals surface area (Å²) in [6.07, 6.45) is -0.322. The minimum Gasteiger partial charge on any atom is -0.369 e. The minimum absolute atomic E-state index is 0.142. The van der Waals surface area contributed by atoms with Crippen LogP contribution in [0.2, 0.25) is 0 Å². The molecule has 112 valence electrons. The van der Waals surface area contributed by atoms with Crippen molar-refractivity contribution in [1.29, 1.82) is 0 Å². The molecule has 7 heteroatoms. The van der Waals surface area contributed by atoms with Crippen LogP contribution in [0.15, 0.2) is 18.3 Å². The van der Waals surface area contributed by atoms with Crippen LogP contribution in [-0.2, 0) is 9.53 Å². The lowest BCUT2D eigenvalue weighted by Gasteiger charge is -2.13. The fourth-order valence-electron chi connectivity index (χ4n) is 1.30. The Bertz CT molecular complexity index is 564. The molecular formula is C14H18N4O3. The van der Waals surface area contributed by atoms with Gasteiger partial charge in [-0.25, -0.2) is 16.4 Å². The fraction of sp³-hybridized carbons (Fsp3) is 0.429. The van der Waals surface area contributed by atoms with Crippen LogP contribution in [0, 0.1) is 12.5 Å². The number of aromatic nitrogens is 1. The summed E-state index contributed by atoms with van der Waals surface area (Å²) in [5.41, 5.74) is 0.773. The first kappa shape index (κ1) is 16.4. The van der Waals surface area contributed by atoms with Crippen molar-refractivity contribution in [2.45, 2.75) is 20.1 Å². The lowest BCUT2D eigenvalue weighted by Crippen LogP contribution is -2.24. The molecule has 0 aliphatic carbocycles. The van der Waals surface area contributed by atoms with E-state index in [0.29, 0.717) is 5.69 Å². The summed E-state index contributed by atoms with van der Waals surface area (Å²) in [7, 11) is 3.05. The molecule has 7 nitrogen and oxygen atoms in total. The molecule has 1 aromatic rings. The second kappa shape index (κ2) is 7.24. The van der Waals surface area contributed by atoms with E-state index in [9.17, 15) is 9.59 Å². The predicted molar refractivity (Wildman–Crippen MR) is 77.2 cm³/mol. The fourth-order valence-corrected chi connectivity index (χ4v) is 1.30. The van der Waals surface area contributed by atoms with E-state index in [-0.39, 0.29) is 17.5 Å². The van der Waals surface area contributed by atoms with Crippen molar-refractivity contribution in [1.82, 2.24) is 9.88 Å². The smallest absolute Gasteiger partial charge is 0.369 e. The molecule has 0 saturated heterocycles. The van der Waals surface area contributed by atoms with Crippen molar-refractivity contribution in [3.63, 3.8) is 0 Å². The maximum atomic E-state index is 11.6. The number of amides is 2. The molecule has 0 aliphatic rings. The molecule has 0 radical (unpaired) electrons. The third-order valence-corrected chi connectivity index (χ3v) is 2.52. The van der Waals surface area contributed by atoms with Gasteiger partial charge in [0.2, 0.25) is 5.91 Å². The van der Waals surface area contributed by atoms with Crippen molar-refractivity contribution in [3.8, 4) is 0 Å². The van der Waals surface area contributed by atoms with Crippen LogP contribution in [-0.4, -0.2) is 36.0 Å². The average Bonchev–Trinajstić information content (AvgIpc) is 2.44. The number of hydrogen-bond donors (Lipinski definition) is 1. The van der Waals surface area contributed by atoms with Gasteiger partial charge in [0.1, 0.15) is 0 Å². The van der Waals surface area contributed by atoms with Crippen LogP contribution < -0.4 is 5.32 Å². The first-order chi connectivity index (χ1) is 9.85.